The van der Waals surface area contributed by atoms with Gasteiger partial charge < -0.3 is 6.15 Å². The van der Waals surface area contributed by atoms with Gasteiger partial charge in [-0.15, -0.1) is 0 Å². The first-order valence-electron chi connectivity index (χ1n) is 1.13. The molecule has 0 fully saturated rings. The first-order chi connectivity index (χ1) is 2.45. The number of halogens is 6. The SMILES string of the molecule is F[Si-2](F)(F)(F)(F)F.[Cs+].[NH4+]. The monoisotopic (exact) mass is 293 g/mol. The molecule has 9 heavy (non-hydrogen) atoms. The van der Waals surface area contributed by atoms with Gasteiger partial charge >= 0.3 is 102 Å². The van der Waals surface area contributed by atoms with E-state index in [1.54, 1.807) is 0 Å². The Bertz CT molecular complexity index is 71.6. The van der Waals surface area contributed by atoms with E-state index in [0.717, 1.165) is 0 Å². The molecule has 0 aliphatic heterocycles. The van der Waals surface area contributed by atoms with Crippen LogP contribution in [0.4, 0.5) is 24.6 Å². The normalized spacial score (nSPS) is 18.0. The topological polar surface area (TPSA) is 36.5 Å². The Kier molecular flexibility index (Phi) is 5.10. The molecule has 0 saturated heterocycles. The predicted molar refractivity (Wildman–Crippen MR) is 18.4 cm³/mol. The molecule has 0 saturated carbocycles. The molecule has 0 spiro atoms. The minimum absolute atomic E-state index is 0. The molecule has 0 aromatic carbocycles. The molecule has 0 atom stereocenters. The van der Waals surface area contributed by atoms with E-state index < -0.39 is 8.63 Å². The minimum atomic E-state index is -10.8. The second kappa shape index (κ2) is 2.69. The summed E-state index contributed by atoms with van der Waals surface area (Å²) < 4.78 is 59.3. The van der Waals surface area contributed by atoms with Crippen molar-refractivity contribution in [3.05, 3.63) is 0 Å². The zero-order chi connectivity index (χ0) is 6.41. The van der Waals surface area contributed by atoms with Crippen LogP contribution in [0.5, 0.6) is 0 Å². The summed E-state index contributed by atoms with van der Waals surface area (Å²) in [7, 11) is -10.8. The largest absolute Gasteiger partial charge is 1.00 e. The Morgan fingerprint density at radius 1 is 0.667 bits per heavy atom. The molecule has 0 aliphatic rings. The van der Waals surface area contributed by atoms with Crippen LogP contribution >= 0.6 is 0 Å². The fraction of sp³-hybridized carbons (Fsp3) is 0. The van der Waals surface area contributed by atoms with Crippen molar-refractivity contribution in [3.8, 4) is 0 Å². The second-order valence-electron chi connectivity index (χ2n) is 1.07. The standard InChI is InChI=1S/Cs.F6Si.H3N/c;1-7(2,3,4,5)6;/h;;1H3/q+1;-2;/p+1. The third-order valence-corrected chi connectivity index (χ3v) is 0. The van der Waals surface area contributed by atoms with E-state index in [4.69, 9.17) is 0 Å². The molecule has 0 unspecified atom stereocenters. The summed E-state index contributed by atoms with van der Waals surface area (Å²) in [6.07, 6.45) is 0. The molecule has 0 rings (SSSR count). The summed E-state index contributed by atoms with van der Waals surface area (Å²) in [5.74, 6) is 0. The van der Waals surface area contributed by atoms with Gasteiger partial charge in [-0.2, -0.15) is 0 Å². The molecule has 0 radical (unpaired) electrons. The average molecular weight is 293 g/mol. The van der Waals surface area contributed by atoms with Gasteiger partial charge in [0, 0.05) is 0 Å². The Morgan fingerprint density at radius 2 is 0.667 bits per heavy atom. The van der Waals surface area contributed by atoms with Crippen LogP contribution in [0.3, 0.4) is 0 Å². The Morgan fingerprint density at radius 3 is 0.667 bits per heavy atom. The van der Waals surface area contributed by atoms with Crippen molar-refractivity contribution in [2.45, 2.75) is 0 Å². The zero-order valence-corrected chi connectivity index (χ0v) is 12.0. The molecule has 9 heteroatoms. The zero-order valence-electron chi connectivity index (χ0n) is 4.77. The van der Waals surface area contributed by atoms with Crippen LogP contribution in [0, 0.1) is 0 Å². The van der Waals surface area contributed by atoms with Gasteiger partial charge in [-0.05, 0) is 0 Å². The smallest absolute Gasteiger partial charge is 0.369 e. The number of rotatable bonds is 0. The van der Waals surface area contributed by atoms with Gasteiger partial charge in [-0.3, -0.25) is 0 Å². The van der Waals surface area contributed by atoms with E-state index in [9.17, 15) is 24.6 Å². The number of hydrogen-bond acceptors (Lipinski definition) is 0. The molecule has 0 amide bonds. The van der Waals surface area contributed by atoms with E-state index >= 15 is 0 Å². The van der Waals surface area contributed by atoms with Gasteiger partial charge in [0.15, 0.2) is 0 Å². The Hall–Kier alpha value is 1.81. The summed E-state index contributed by atoms with van der Waals surface area (Å²) in [4.78, 5) is 0. The molecule has 4 N–H and O–H groups in total. The van der Waals surface area contributed by atoms with Crippen molar-refractivity contribution in [2.24, 2.45) is 0 Å². The molecular weight excluding hydrogens is 289 g/mol. The quantitative estimate of drug-likeness (QED) is 0.356. The van der Waals surface area contributed by atoms with Crippen LogP contribution in [-0.2, 0) is 0 Å². The van der Waals surface area contributed by atoms with Crippen molar-refractivity contribution >= 4 is 8.63 Å². The van der Waals surface area contributed by atoms with Crippen molar-refractivity contribution in [2.75, 3.05) is 0 Å². The summed E-state index contributed by atoms with van der Waals surface area (Å²) in [6.45, 7) is 0. The number of hydrogen-bond donors (Lipinski definition) is 1. The van der Waals surface area contributed by atoms with Gasteiger partial charge in [0.1, 0.15) is 0 Å². The molecule has 0 aromatic rings. The average Bonchev–Trinajstić information content (AvgIpc) is 0.592. The molecule has 56 valence electrons. The van der Waals surface area contributed by atoms with E-state index in [1.807, 2.05) is 0 Å². The van der Waals surface area contributed by atoms with Crippen LogP contribution in [0.1, 0.15) is 0 Å². The fourth-order valence-corrected chi connectivity index (χ4v) is 0. The molecule has 0 aliphatic carbocycles. The molecule has 0 bridgehead atoms. The van der Waals surface area contributed by atoms with Gasteiger partial charge in [0.2, 0.25) is 0 Å². The molecule has 0 heterocycles. The van der Waals surface area contributed by atoms with Crippen molar-refractivity contribution < 1.29 is 93.5 Å². The molecule has 1 nitrogen and oxygen atoms in total. The first-order valence-corrected chi connectivity index (χ1v) is 3.40. The van der Waals surface area contributed by atoms with Gasteiger partial charge in [-0.1, -0.05) is 0 Å². The maximum atomic E-state index is 9.88. The van der Waals surface area contributed by atoms with E-state index in [0.29, 0.717) is 0 Å². The van der Waals surface area contributed by atoms with Crippen LogP contribution in [0.15, 0.2) is 0 Å². The van der Waals surface area contributed by atoms with Gasteiger partial charge in [-0.25, -0.2) is 0 Å². The molecule has 0 aromatic heterocycles. The second-order valence-corrected chi connectivity index (χ2v) is 3.21. The van der Waals surface area contributed by atoms with Crippen LogP contribution < -0.4 is 75.0 Å². The van der Waals surface area contributed by atoms with Gasteiger partial charge in [0.25, 0.3) is 0 Å². The number of quaternary nitrogens is 1. The van der Waals surface area contributed by atoms with E-state index in [2.05, 4.69) is 0 Å². The summed E-state index contributed by atoms with van der Waals surface area (Å²) in [5, 5.41) is 0. The summed E-state index contributed by atoms with van der Waals surface area (Å²) in [6, 6.07) is 0. The minimum Gasteiger partial charge on any atom is -0.369 e. The summed E-state index contributed by atoms with van der Waals surface area (Å²) >= 11 is 0. The van der Waals surface area contributed by atoms with Crippen LogP contribution in [0.2, 0.25) is 0 Å². The van der Waals surface area contributed by atoms with Crippen molar-refractivity contribution in [3.63, 3.8) is 0 Å². The predicted octanol–water partition coefficient (Wildman–Crippen LogP) is -0.479. The van der Waals surface area contributed by atoms with Crippen LogP contribution in [0.25, 0.3) is 0 Å². The Balaban J connectivity index is -0.000000180. The van der Waals surface area contributed by atoms with E-state index in [-0.39, 0.29) is 75.0 Å². The van der Waals surface area contributed by atoms with E-state index in [1.165, 1.54) is 0 Å². The van der Waals surface area contributed by atoms with Crippen molar-refractivity contribution in [1.82, 2.24) is 6.15 Å². The first kappa shape index (κ1) is 17.1. The van der Waals surface area contributed by atoms with Gasteiger partial charge in [0.05, 0.1) is 0 Å². The Labute approximate surface area is 106 Å². The third kappa shape index (κ3) is 183. The maximum Gasteiger partial charge on any atom is 1.00 e. The maximum absolute atomic E-state index is 10.8. The summed E-state index contributed by atoms with van der Waals surface area (Å²) in [5.41, 5.74) is 0. The van der Waals surface area contributed by atoms with Crippen molar-refractivity contribution in [1.29, 1.82) is 0 Å². The third-order valence-electron chi connectivity index (χ3n) is 0. The van der Waals surface area contributed by atoms with Crippen LogP contribution in [-0.4, -0.2) is 8.63 Å². The fourth-order valence-electron chi connectivity index (χ4n) is 0. The molecular formula is H4CsF6NSi.